The zero-order chi connectivity index (χ0) is 31.8. The maximum Gasteiger partial charge on any atom is 0.227 e. The van der Waals surface area contributed by atoms with E-state index in [1.54, 1.807) is 47.4 Å². The first-order valence-corrected chi connectivity index (χ1v) is 17.3. The minimum atomic E-state index is -3.70. The standard InChI is InChI=1S/C31H37ClN6O6S/c32-26-10-11-27(38-22-33-34-35-38)24(19-26)8-12-29(39)28-7-4-14-37(28)31(41)25(9-13-30(40)36-15-17-44-18-16-36)21-45(42,43)20-23-5-2-1-3-6-23/h1-3,5-6,10-11,19,22,25,28H,4,7-9,12-18,20-21H2/t25-,28-/m0/s1. The Hall–Kier alpha value is -3.68. The van der Waals surface area contributed by atoms with Crippen molar-refractivity contribution in [1.82, 2.24) is 30.0 Å². The smallest absolute Gasteiger partial charge is 0.227 e. The van der Waals surface area contributed by atoms with Gasteiger partial charge in [0.15, 0.2) is 15.6 Å². The number of sulfone groups is 1. The Morgan fingerprint density at radius 2 is 1.80 bits per heavy atom. The van der Waals surface area contributed by atoms with Gasteiger partial charge in [0.25, 0.3) is 0 Å². The zero-order valence-electron chi connectivity index (χ0n) is 25.0. The van der Waals surface area contributed by atoms with Crippen LogP contribution in [0.25, 0.3) is 5.69 Å². The molecule has 2 aliphatic heterocycles. The van der Waals surface area contributed by atoms with E-state index in [4.69, 9.17) is 16.3 Å². The van der Waals surface area contributed by atoms with Gasteiger partial charge in [-0.25, -0.2) is 13.1 Å². The molecule has 0 N–H and O–H groups in total. The van der Waals surface area contributed by atoms with E-state index >= 15 is 0 Å². The van der Waals surface area contributed by atoms with Crippen molar-refractivity contribution in [1.29, 1.82) is 0 Å². The number of tetrazole rings is 1. The van der Waals surface area contributed by atoms with Crippen LogP contribution in [0, 0.1) is 5.92 Å². The summed E-state index contributed by atoms with van der Waals surface area (Å²) >= 11 is 6.24. The summed E-state index contributed by atoms with van der Waals surface area (Å²) in [7, 11) is -3.70. The summed E-state index contributed by atoms with van der Waals surface area (Å²) in [6.45, 7) is 2.18. The molecule has 0 bridgehead atoms. The number of likely N-dealkylation sites (tertiary alicyclic amines) is 1. The fourth-order valence-electron chi connectivity index (χ4n) is 6.01. The summed E-state index contributed by atoms with van der Waals surface area (Å²) in [6, 6.07) is 13.4. The van der Waals surface area contributed by atoms with E-state index in [2.05, 4.69) is 15.5 Å². The lowest BCUT2D eigenvalue weighted by molar-refractivity contribution is -0.141. The number of morpholine rings is 1. The number of aromatic nitrogens is 4. The number of ketones is 1. The van der Waals surface area contributed by atoms with E-state index in [0.29, 0.717) is 68.4 Å². The van der Waals surface area contributed by atoms with Crippen LogP contribution in [0.3, 0.4) is 0 Å². The summed E-state index contributed by atoms with van der Waals surface area (Å²) in [5.41, 5.74) is 2.11. The van der Waals surface area contributed by atoms with Gasteiger partial charge < -0.3 is 14.5 Å². The number of ether oxygens (including phenoxy) is 1. The third-order valence-corrected chi connectivity index (χ3v) is 10.2. The van der Waals surface area contributed by atoms with Crippen LogP contribution in [-0.4, -0.2) is 101 Å². The SMILES string of the molecule is O=C(CCc1cc(Cl)ccc1-n1cnnn1)[C@@H]1CCCN1C(=O)[C@@H](CCC(=O)N1CCOCC1)CS(=O)(=O)Cc1ccccc1. The number of carbonyl (C=O) groups excluding carboxylic acids is 3. The number of hydrogen-bond donors (Lipinski definition) is 0. The number of Topliss-reactive ketones (excluding diaryl/α,β-unsaturated/α-hetero) is 1. The molecule has 0 saturated carbocycles. The third-order valence-electron chi connectivity index (χ3n) is 8.29. The Kier molecular flexibility index (Phi) is 11.0. The van der Waals surface area contributed by atoms with Crippen LogP contribution in [0.15, 0.2) is 54.9 Å². The first-order valence-electron chi connectivity index (χ1n) is 15.1. The number of hydrogen-bond acceptors (Lipinski definition) is 9. The molecule has 0 aliphatic carbocycles. The Morgan fingerprint density at radius 1 is 1.02 bits per heavy atom. The molecular weight excluding hydrogens is 620 g/mol. The van der Waals surface area contributed by atoms with Crippen molar-refractivity contribution in [2.24, 2.45) is 5.92 Å². The molecule has 240 valence electrons. The molecule has 0 radical (unpaired) electrons. The lowest BCUT2D eigenvalue weighted by Crippen LogP contribution is -2.46. The van der Waals surface area contributed by atoms with E-state index in [0.717, 1.165) is 5.56 Å². The third kappa shape index (κ3) is 8.74. The molecule has 5 rings (SSSR count). The van der Waals surface area contributed by atoms with Gasteiger partial charge in [-0.05, 0) is 65.4 Å². The second kappa shape index (κ2) is 15.1. The summed E-state index contributed by atoms with van der Waals surface area (Å²) in [5.74, 6) is -2.19. The highest BCUT2D eigenvalue weighted by molar-refractivity contribution is 7.90. The minimum absolute atomic E-state index is 0.0401. The number of nitrogens with zero attached hydrogens (tertiary/aromatic N) is 6. The van der Waals surface area contributed by atoms with E-state index in [-0.39, 0.29) is 36.7 Å². The Bertz CT molecular complexity index is 1580. The maximum atomic E-state index is 14.0. The number of carbonyl (C=O) groups is 3. The predicted octanol–water partition coefficient (Wildman–Crippen LogP) is 2.68. The Morgan fingerprint density at radius 3 is 2.53 bits per heavy atom. The Labute approximate surface area is 267 Å². The number of rotatable bonds is 13. The molecule has 2 aliphatic rings. The average Bonchev–Trinajstić information content (AvgIpc) is 3.75. The van der Waals surface area contributed by atoms with Crippen LogP contribution < -0.4 is 0 Å². The normalized spacial score (nSPS) is 17.8. The molecule has 2 aromatic carbocycles. The van der Waals surface area contributed by atoms with Gasteiger partial charge in [0, 0.05) is 37.5 Å². The van der Waals surface area contributed by atoms with Crippen LogP contribution in [0.2, 0.25) is 5.02 Å². The zero-order valence-corrected chi connectivity index (χ0v) is 26.5. The van der Waals surface area contributed by atoms with Gasteiger partial charge in [0.05, 0.1) is 42.4 Å². The molecule has 0 unspecified atom stereocenters. The molecule has 45 heavy (non-hydrogen) atoms. The molecule has 1 aromatic heterocycles. The van der Waals surface area contributed by atoms with Crippen LogP contribution in [-0.2, 0) is 41.1 Å². The predicted molar refractivity (Wildman–Crippen MR) is 166 cm³/mol. The molecule has 0 spiro atoms. The molecule has 2 fully saturated rings. The van der Waals surface area contributed by atoms with Gasteiger partial charge in [-0.1, -0.05) is 41.9 Å². The van der Waals surface area contributed by atoms with Crippen LogP contribution >= 0.6 is 11.6 Å². The number of halogens is 1. The van der Waals surface area contributed by atoms with Gasteiger partial charge in [0.1, 0.15) is 6.33 Å². The van der Waals surface area contributed by atoms with Gasteiger partial charge in [-0.15, -0.1) is 5.10 Å². The van der Waals surface area contributed by atoms with E-state index in [1.807, 2.05) is 6.07 Å². The molecule has 3 aromatic rings. The molecule has 2 atom stereocenters. The van der Waals surface area contributed by atoms with E-state index < -0.39 is 33.5 Å². The molecule has 12 nitrogen and oxygen atoms in total. The van der Waals surface area contributed by atoms with Crippen molar-refractivity contribution in [3.63, 3.8) is 0 Å². The topological polar surface area (TPSA) is 145 Å². The largest absolute Gasteiger partial charge is 0.378 e. The summed E-state index contributed by atoms with van der Waals surface area (Å²) in [4.78, 5) is 43.8. The molecule has 2 amide bonds. The first-order chi connectivity index (χ1) is 21.7. The van der Waals surface area contributed by atoms with Crippen LogP contribution in [0.1, 0.15) is 43.2 Å². The second-order valence-electron chi connectivity index (χ2n) is 11.5. The summed E-state index contributed by atoms with van der Waals surface area (Å²) in [6.07, 6.45) is 3.21. The van der Waals surface area contributed by atoms with E-state index in [9.17, 15) is 22.8 Å². The van der Waals surface area contributed by atoms with Crippen molar-refractivity contribution < 1.29 is 27.5 Å². The van der Waals surface area contributed by atoms with E-state index in [1.165, 1.54) is 15.9 Å². The quantitative estimate of drug-likeness (QED) is 0.271. The monoisotopic (exact) mass is 656 g/mol. The van der Waals surface area contributed by atoms with Crippen LogP contribution in [0.4, 0.5) is 0 Å². The highest BCUT2D eigenvalue weighted by Crippen LogP contribution is 2.27. The molecule has 2 saturated heterocycles. The Balaban J connectivity index is 1.29. The van der Waals surface area contributed by atoms with Crippen LogP contribution in [0.5, 0.6) is 0 Å². The van der Waals surface area contributed by atoms with Crippen molar-refractivity contribution in [3.05, 3.63) is 71.0 Å². The maximum absolute atomic E-state index is 14.0. The van der Waals surface area contributed by atoms with Crippen molar-refractivity contribution in [3.8, 4) is 5.69 Å². The average molecular weight is 657 g/mol. The van der Waals surface area contributed by atoms with Gasteiger partial charge in [-0.2, -0.15) is 0 Å². The lowest BCUT2D eigenvalue weighted by Gasteiger charge is -2.30. The van der Waals surface area contributed by atoms with Crippen molar-refractivity contribution in [2.75, 3.05) is 38.6 Å². The second-order valence-corrected chi connectivity index (χ2v) is 14.0. The minimum Gasteiger partial charge on any atom is -0.378 e. The highest BCUT2D eigenvalue weighted by atomic mass is 35.5. The molecular formula is C31H37ClN6O6S. The summed E-state index contributed by atoms with van der Waals surface area (Å²) < 4.78 is 33.5. The highest BCUT2D eigenvalue weighted by Gasteiger charge is 2.38. The first kappa shape index (κ1) is 32.7. The lowest BCUT2D eigenvalue weighted by atomic mass is 9.98. The van der Waals surface area contributed by atoms with Crippen molar-refractivity contribution in [2.45, 2.75) is 50.3 Å². The summed E-state index contributed by atoms with van der Waals surface area (Å²) in [5, 5.41) is 11.8. The van der Waals surface area contributed by atoms with Crippen molar-refractivity contribution >= 4 is 39.0 Å². The molecule has 14 heteroatoms. The number of benzene rings is 2. The van der Waals surface area contributed by atoms with Gasteiger partial charge in [-0.3, -0.25) is 14.4 Å². The number of amides is 2. The van der Waals surface area contributed by atoms with Gasteiger partial charge >= 0.3 is 0 Å². The fraction of sp³-hybridized carbons (Fsp3) is 0.484. The van der Waals surface area contributed by atoms with Gasteiger partial charge in [0.2, 0.25) is 11.8 Å². The fourth-order valence-corrected chi connectivity index (χ4v) is 7.95. The molecule has 3 heterocycles. The number of aryl methyl sites for hydroxylation is 1.